The van der Waals surface area contributed by atoms with Gasteiger partial charge in [0.15, 0.2) is 0 Å². The Morgan fingerprint density at radius 3 is 2.78 bits per heavy atom. The summed E-state index contributed by atoms with van der Waals surface area (Å²) in [4.78, 5) is 8.54. The van der Waals surface area contributed by atoms with Crippen LogP contribution in [0.5, 0.6) is 0 Å². The lowest BCUT2D eigenvalue weighted by Crippen LogP contribution is -2.25. The number of ether oxygens (including phenoxy) is 1. The molecule has 1 unspecified atom stereocenters. The quantitative estimate of drug-likeness (QED) is 0.837. The second-order valence-electron chi connectivity index (χ2n) is 4.69. The first-order chi connectivity index (χ1) is 8.81. The molecule has 0 spiro atoms. The van der Waals surface area contributed by atoms with Crippen LogP contribution in [0, 0.1) is 12.8 Å². The average molecular weight is 250 g/mol. The zero-order valence-corrected chi connectivity index (χ0v) is 11.2. The lowest BCUT2D eigenvalue weighted by Gasteiger charge is -2.23. The van der Waals surface area contributed by atoms with Crippen LogP contribution in [-0.2, 0) is 4.74 Å². The van der Waals surface area contributed by atoms with Crippen LogP contribution in [0.3, 0.4) is 0 Å². The molecule has 0 aliphatic carbocycles. The third-order valence-corrected chi connectivity index (χ3v) is 3.24. The molecule has 1 aliphatic heterocycles. The zero-order valence-electron chi connectivity index (χ0n) is 11.2. The molecule has 0 amide bonds. The van der Waals surface area contributed by atoms with E-state index in [-0.39, 0.29) is 0 Å². The number of rotatable bonds is 5. The van der Waals surface area contributed by atoms with Crippen LogP contribution in [-0.4, -0.2) is 36.3 Å². The van der Waals surface area contributed by atoms with Gasteiger partial charge in [-0.3, -0.25) is 0 Å². The van der Waals surface area contributed by atoms with E-state index in [4.69, 9.17) is 4.74 Å². The largest absolute Gasteiger partial charge is 0.381 e. The monoisotopic (exact) mass is 250 g/mol. The fraction of sp³-hybridized carbons (Fsp3) is 0.692. The molecule has 2 rings (SSSR count). The van der Waals surface area contributed by atoms with E-state index in [9.17, 15) is 0 Å². The molecule has 2 heterocycles. The number of anilines is 2. The van der Waals surface area contributed by atoms with Crippen molar-refractivity contribution in [1.29, 1.82) is 0 Å². The SMILES string of the molecule is CCNc1ncnc(NCC2CCCOC2)c1C. The molecule has 2 N–H and O–H groups in total. The first-order valence-electron chi connectivity index (χ1n) is 6.68. The summed E-state index contributed by atoms with van der Waals surface area (Å²) < 4.78 is 5.48. The summed E-state index contributed by atoms with van der Waals surface area (Å²) in [6.45, 7) is 7.66. The Labute approximate surface area is 108 Å². The van der Waals surface area contributed by atoms with Crippen molar-refractivity contribution in [2.45, 2.75) is 26.7 Å². The van der Waals surface area contributed by atoms with Crippen molar-refractivity contribution < 1.29 is 4.74 Å². The van der Waals surface area contributed by atoms with Gasteiger partial charge >= 0.3 is 0 Å². The standard InChI is InChI=1S/C13H22N4O/c1-3-14-12-10(2)13(17-9-16-12)15-7-11-5-4-6-18-8-11/h9,11H,3-8H2,1-2H3,(H2,14,15,16,17). The molecule has 1 fully saturated rings. The predicted molar refractivity (Wildman–Crippen MR) is 73.0 cm³/mol. The van der Waals surface area contributed by atoms with Crippen molar-refractivity contribution >= 4 is 11.6 Å². The number of aromatic nitrogens is 2. The number of nitrogens with one attached hydrogen (secondary N) is 2. The summed E-state index contributed by atoms with van der Waals surface area (Å²) in [5.74, 6) is 2.43. The van der Waals surface area contributed by atoms with Crippen molar-refractivity contribution in [2.24, 2.45) is 5.92 Å². The van der Waals surface area contributed by atoms with Gasteiger partial charge in [-0.25, -0.2) is 9.97 Å². The van der Waals surface area contributed by atoms with E-state index in [0.29, 0.717) is 5.92 Å². The zero-order chi connectivity index (χ0) is 12.8. The highest BCUT2D eigenvalue weighted by Gasteiger charge is 2.14. The van der Waals surface area contributed by atoms with E-state index in [2.05, 4.69) is 27.5 Å². The third-order valence-electron chi connectivity index (χ3n) is 3.24. The molecule has 1 aromatic rings. The van der Waals surface area contributed by atoms with Gasteiger partial charge in [-0.2, -0.15) is 0 Å². The minimum Gasteiger partial charge on any atom is -0.381 e. The average Bonchev–Trinajstić information content (AvgIpc) is 2.41. The fourth-order valence-electron chi connectivity index (χ4n) is 2.18. The highest BCUT2D eigenvalue weighted by atomic mass is 16.5. The highest BCUT2D eigenvalue weighted by molar-refractivity contribution is 5.56. The Kier molecular flexibility index (Phi) is 4.75. The van der Waals surface area contributed by atoms with Gasteiger partial charge < -0.3 is 15.4 Å². The van der Waals surface area contributed by atoms with E-state index in [1.165, 1.54) is 6.42 Å². The molecule has 0 radical (unpaired) electrons. The second-order valence-corrected chi connectivity index (χ2v) is 4.69. The molecule has 1 saturated heterocycles. The van der Waals surface area contributed by atoms with Crippen LogP contribution in [0.2, 0.25) is 0 Å². The Hall–Kier alpha value is -1.36. The van der Waals surface area contributed by atoms with Crippen molar-refractivity contribution in [1.82, 2.24) is 9.97 Å². The summed E-state index contributed by atoms with van der Waals surface area (Å²) >= 11 is 0. The van der Waals surface area contributed by atoms with Crippen molar-refractivity contribution in [3.05, 3.63) is 11.9 Å². The normalized spacial score (nSPS) is 19.6. The number of nitrogens with zero attached hydrogens (tertiary/aromatic N) is 2. The Bertz CT molecular complexity index is 377. The van der Waals surface area contributed by atoms with E-state index in [1.54, 1.807) is 6.33 Å². The van der Waals surface area contributed by atoms with Crippen LogP contribution in [0.15, 0.2) is 6.33 Å². The molecule has 0 aromatic carbocycles. The summed E-state index contributed by atoms with van der Waals surface area (Å²) in [5.41, 5.74) is 1.08. The van der Waals surface area contributed by atoms with E-state index in [0.717, 1.165) is 49.9 Å². The lowest BCUT2D eigenvalue weighted by molar-refractivity contribution is 0.0595. The van der Waals surface area contributed by atoms with Crippen LogP contribution in [0.1, 0.15) is 25.3 Å². The number of hydrogen-bond acceptors (Lipinski definition) is 5. The molecule has 1 aromatic heterocycles. The number of hydrogen-bond donors (Lipinski definition) is 2. The summed E-state index contributed by atoms with van der Waals surface area (Å²) in [7, 11) is 0. The highest BCUT2D eigenvalue weighted by Crippen LogP contribution is 2.19. The maximum absolute atomic E-state index is 5.48. The Morgan fingerprint density at radius 1 is 1.33 bits per heavy atom. The maximum atomic E-state index is 5.48. The molecular weight excluding hydrogens is 228 g/mol. The molecule has 0 bridgehead atoms. The fourth-order valence-corrected chi connectivity index (χ4v) is 2.18. The second kappa shape index (κ2) is 6.54. The van der Waals surface area contributed by atoms with Crippen LogP contribution < -0.4 is 10.6 Å². The first-order valence-corrected chi connectivity index (χ1v) is 6.68. The van der Waals surface area contributed by atoms with Gasteiger partial charge in [-0.05, 0) is 32.6 Å². The van der Waals surface area contributed by atoms with E-state index >= 15 is 0 Å². The first kappa shape index (κ1) is 13.1. The van der Waals surface area contributed by atoms with Gasteiger partial charge in [-0.1, -0.05) is 0 Å². The Balaban J connectivity index is 1.93. The molecule has 1 aliphatic rings. The van der Waals surface area contributed by atoms with Gasteiger partial charge in [0.05, 0.1) is 6.61 Å². The van der Waals surface area contributed by atoms with Crippen LogP contribution >= 0.6 is 0 Å². The van der Waals surface area contributed by atoms with Crippen LogP contribution in [0.25, 0.3) is 0 Å². The van der Waals surface area contributed by atoms with Gasteiger partial charge in [0, 0.05) is 25.3 Å². The molecule has 100 valence electrons. The van der Waals surface area contributed by atoms with E-state index < -0.39 is 0 Å². The van der Waals surface area contributed by atoms with Gasteiger partial charge in [0.25, 0.3) is 0 Å². The van der Waals surface area contributed by atoms with Crippen molar-refractivity contribution in [3.8, 4) is 0 Å². The summed E-state index contributed by atoms with van der Waals surface area (Å²) in [5, 5.41) is 6.65. The summed E-state index contributed by atoms with van der Waals surface area (Å²) in [6.07, 6.45) is 4.00. The lowest BCUT2D eigenvalue weighted by atomic mass is 10.0. The van der Waals surface area contributed by atoms with Gasteiger partial charge in [0.1, 0.15) is 18.0 Å². The molecular formula is C13H22N4O. The molecule has 5 heteroatoms. The molecule has 0 saturated carbocycles. The summed E-state index contributed by atoms with van der Waals surface area (Å²) in [6, 6.07) is 0. The van der Waals surface area contributed by atoms with Crippen LogP contribution in [0.4, 0.5) is 11.6 Å². The molecule has 5 nitrogen and oxygen atoms in total. The van der Waals surface area contributed by atoms with Gasteiger partial charge in [0.2, 0.25) is 0 Å². The smallest absolute Gasteiger partial charge is 0.134 e. The minimum absolute atomic E-state index is 0.593. The third kappa shape index (κ3) is 3.32. The van der Waals surface area contributed by atoms with Gasteiger partial charge in [-0.15, -0.1) is 0 Å². The maximum Gasteiger partial charge on any atom is 0.134 e. The Morgan fingerprint density at radius 2 is 2.11 bits per heavy atom. The van der Waals surface area contributed by atoms with Crippen molar-refractivity contribution in [2.75, 3.05) is 36.9 Å². The molecule has 18 heavy (non-hydrogen) atoms. The predicted octanol–water partition coefficient (Wildman–Crippen LogP) is 2.06. The van der Waals surface area contributed by atoms with E-state index in [1.807, 2.05) is 6.92 Å². The van der Waals surface area contributed by atoms with Crippen molar-refractivity contribution in [3.63, 3.8) is 0 Å². The minimum atomic E-state index is 0.593. The topological polar surface area (TPSA) is 59.1 Å². The molecule has 1 atom stereocenters.